The van der Waals surface area contributed by atoms with E-state index in [1.165, 1.54) is 31.4 Å². The highest BCUT2D eigenvalue weighted by atomic mass is 32.2. The first-order chi connectivity index (χ1) is 13.4. The molecule has 0 fully saturated rings. The number of benzene rings is 2. The fraction of sp³-hybridized carbons (Fsp3) is 0.263. The van der Waals surface area contributed by atoms with Gasteiger partial charge in [-0.25, -0.2) is 22.9 Å². The number of fused-ring (bicyclic) bond motifs is 1. The van der Waals surface area contributed by atoms with Gasteiger partial charge in [-0.3, -0.25) is 0 Å². The van der Waals surface area contributed by atoms with Gasteiger partial charge in [-0.2, -0.15) is 0 Å². The number of aromatic nitrogens is 1. The van der Waals surface area contributed by atoms with Gasteiger partial charge < -0.3 is 13.9 Å². The van der Waals surface area contributed by atoms with E-state index in [-0.39, 0.29) is 35.6 Å². The molecule has 148 valence electrons. The number of nitrogens with one attached hydrogen (secondary N) is 1. The largest absolute Gasteiger partial charge is 0.452 e. The third-order valence-corrected chi connectivity index (χ3v) is 5.44. The predicted molar refractivity (Wildman–Crippen MR) is 101 cm³/mol. The summed E-state index contributed by atoms with van der Waals surface area (Å²) in [6.07, 6.45) is 0. The van der Waals surface area contributed by atoms with Crippen LogP contribution in [0.25, 0.3) is 11.1 Å². The van der Waals surface area contributed by atoms with Crippen LogP contribution in [0.5, 0.6) is 0 Å². The Balaban J connectivity index is 1.63. The van der Waals surface area contributed by atoms with Gasteiger partial charge in [0.1, 0.15) is 5.52 Å². The Hall–Kier alpha value is -2.75. The number of oxazole rings is 1. The Morgan fingerprint density at radius 1 is 1.18 bits per heavy atom. The molecule has 2 aromatic carbocycles. The summed E-state index contributed by atoms with van der Waals surface area (Å²) in [6.45, 7) is 1.82. The van der Waals surface area contributed by atoms with E-state index < -0.39 is 16.0 Å². The molecule has 9 heteroatoms. The van der Waals surface area contributed by atoms with Crippen LogP contribution in [-0.4, -0.2) is 39.1 Å². The van der Waals surface area contributed by atoms with E-state index in [0.717, 1.165) is 0 Å². The maximum atomic E-state index is 12.3. The molecule has 0 saturated heterocycles. The van der Waals surface area contributed by atoms with Crippen molar-refractivity contribution in [1.29, 1.82) is 0 Å². The van der Waals surface area contributed by atoms with Gasteiger partial charge in [0.05, 0.1) is 17.1 Å². The normalized spacial score (nSPS) is 12.8. The number of para-hydroxylation sites is 2. The Morgan fingerprint density at radius 2 is 1.89 bits per heavy atom. The molecule has 0 unspecified atom stereocenters. The number of carbonyl (C=O) groups is 1. The van der Waals surface area contributed by atoms with Gasteiger partial charge in [0.2, 0.25) is 15.9 Å². The molecule has 1 aromatic heterocycles. The number of nitrogens with zero attached hydrogens (tertiary/aromatic N) is 1. The van der Waals surface area contributed by atoms with Crippen LogP contribution < -0.4 is 4.72 Å². The van der Waals surface area contributed by atoms with E-state index in [1.807, 2.05) is 12.1 Å². The second-order valence-electron chi connectivity index (χ2n) is 6.15. The Labute approximate surface area is 162 Å². The lowest BCUT2D eigenvalue weighted by Crippen LogP contribution is -2.35. The minimum absolute atomic E-state index is 0.0472. The van der Waals surface area contributed by atoms with Crippen molar-refractivity contribution < 1.29 is 27.1 Å². The highest BCUT2D eigenvalue weighted by Gasteiger charge is 2.18. The SMILES string of the molecule is COC[C@@H](C)NS(=O)(=O)c1ccc(C(=O)OCc2nc3ccccc3o2)cc1. The molecular formula is C19H20N2O6S. The standard InChI is InChI=1S/C19H20N2O6S/c1-13(11-25-2)21-28(23,24)15-9-7-14(8-10-15)19(22)26-12-18-20-16-5-3-4-6-17(16)27-18/h3-10,13,21H,11-12H2,1-2H3/t13-/m1/s1. The lowest BCUT2D eigenvalue weighted by molar-refractivity contribution is 0.0440. The van der Waals surface area contributed by atoms with Gasteiger partial charge in [-0.1, -0.05) is 12.1 Å². The summed E-state index contributed by atoms with van der Waals surface area (Å²) in [5.74, 6) is -0.322. The molecule has 1 atom stereocenters. The van der Waals surface area contributed by atoms with Crippen LogP contribution in [0.4, 0.5) is 0 Å². The fourth-order valence-electron chi connectivity index (χ4n) is 2.58. The highest BCUT2D eigenvalue weighted by Crippen LogP contribution is 2.16. The number of ether oxygens (including phenoxy) is 2. The van der Waals surface area contributed by atoms with Crippen molar-refractivity contribution in [2.24, 2.45) is 0 Å². The molecule has 28 heavy (non-hydrogen) atoms. The molecule has 0 amide bonds. The summed E-state index contributed by atoms with van der Waals surface area (Å²) in [5, 5.41) is 0. The molecule has 0 saturated carbocycles. The summed E-state index contributed by atoms with van der Waals surface area (Å²) in [4.78, 5) is 16.5. The first-order valence-corrected chi connectivity index (χ1v) is 10.0. The van der Waals surface area contributed by atoms with Gasteiger partial charge in [0.15, 0.2) is 12.2 Å². The zero-order valence-corrected chi connectivity index (χ0v) is 16.2. The molecule has 0 bridgehead atoms. The van der Waals surface area contributed by atoms with Crippen LogP contribution in [0, 0.1) is 0 Å². The summed E-state index contributed by atoms with van der Waals surface area (Å²) in [7, 11) is -2.21. The second kappa shape index (κ2) is 8.51. The number of hydrogen-bond acceptors (Lipinski definition) is 7. The highest BCUT2D eigenvalue weighted by molar-refractivity contribution is 7.89. The fourth-order valence-corrected chi connectivity index (χ4v) is 3.81. The van der Waals surface area contributed by atoms with Crippen molar-refractivity contribution >= 4 is 27.1 Å². The smallest absolute Gasteiger partial charge is 0.338 e. The van der Waals surface area contributed by atoms with Gasteiger partial charge in [-0.05, 0) is 43.3 Å². The lowest BCUT2D eigenvalue weighted by atomic mass is 10.2. The molecule has 3 rings (SSSR count). The monoisotopic (exact) mass is 404 g/mol. The first kappa shape index (κ1) is 20.0. The molecule has 1 heterocycles. The summed E-state index contributed by atoms with van der Waals surface area (Å²) in [5.41, 5.74) is 1.51. The van der Waals surface area contributed by atoms with E-state index in [4.69, 9.17) is 13.9 Å². The lowest BCUT2D eigenvalue weighted by Gasteiger charge is -2.13. The average Bonchev–Trinajstić information content (AvgIpc) is 3.09. The molecule has 0 aliphatic carbocycles. The number of methoxy groups -OCH3 is 1. The second-order valence-corrected chi connectivity index (χ2v) is 7.87. The maximum Gasteiger partial charge on any atom is 0.338 e. The van der Waals surface area contributed by atoms with E-state index in [0.29, 0.717) is 11.1 Å². The molecule has 8 nitrogen and oxygen atoms in total. The van der Waals surface area contributed by atoms with E-state index >= 15 is 0 Å². The minimum atomic E-state index is -3.70. The van der Waals surface area contributed by atoms with Crippen LogP contribution in [0.1, 0.15) is 23.2 Å². The van der Waals surface area contributed by atoms with Crippen molar-refractivity contribution in [3.63, 3.8) is 0 Å². The molecule has 3 aromatic rings. The number of esters is 1. The first-order valence-electron chi connectivity index (χ1n) is 8.52. The zero-order chi connectivity index (χ0) is 20.1. The molecule has 0 aliphatic heterocycles. The van der Waals surface area contributed by atoms with Crippen LogP contribution in [-0.2, 0) is 26.1 Å². The average molecular weight is 404 g/mol. The van der Waals surface area contributed by atoms with Crippen molar-refractivity contribution in [3.05, 3.63) is 60.0 Å². The van der Waals surface area contributed by atoms with Crippen LogP contribution in [0.3, 0.4) is 0 Å². The predicted octanol–water partition coefficient (Wildman–Crippen LogP) is 2.50. The van der Waals surface area contributed by atoms with Gasteiger partial charge in [0, 0.05) is 13.2 Å². The topological polar surface area (TPSA) is 108 Å². The molecular weight excluding hydrogens is 384 g/mol. The molecule has 1 N–H and O–H groups in total. The van der Waals surface area contributed by atoms with Crippen LogP contribution >= 0.6 is 0 Å². The summed E-state index contributed by atoms with van der Waals surface area (Å²) < 4.78 is 42.7. The summed E-state index contributed by atoms with van der Waals surface area (Å²) >= 11 is 0. The van der Waals surface area contributed by atoms with Crippen molar-refractivity contribution in [2.45, 2.75) is 24.5 Å². The number of sulfonamides is 1. The van der Waals surface area contributed by atoms with Crippen molar-refractivity contribution in [1.82, 2.24) is 9.71 Å². The Morgan fingerprint density at radius 3 is 2.57 bits per heavy atom. The Bertz CT molecular complexity index is 1030. The summed E-state index contributed by atoms with van der Waals surface area (Å²) in [6, 6.07) is 12.3. The van der Waals surface area contributed by atoms with Gasteiger partial charge in [0.25, 0.3) is 0 Å². The quantitative estimate of drug-likeness (QED) is 0.575. The van der Waals surface area contributed by atoms with Crippen molar-refractivity contribution in [3.8, 4) is 0 Å². The van der Waals surface area contributed by atoms with E-state index in [9.17, 15) is 13.2 Å². The third-order valence-electron chi connectivity index (χ3n) is 3.84. The maximum absolute atomic E-state index is 12.3. The molecule has 0 radical (unpaired) electrons. The van der Waals surface area contributed by atoms with Crippen molar-refractivity contribution in [2.75, 3.05) is 13.7 Å². The number of hydrogen-bond donors (Lipinski definition) is 1. The van der Waals surface area contributed by atoms with E-state index in [2.05, 4.69) is 9.71 Å². The molecule has 0 aliphatic rings. The van der Waals surface area contributed by atoms with E-state index in [1.54, 1.807) is 19.1 Å². The van der Waals surface area contributed by atoms with Gasteiger partial charge in [-0.15, -0.1) is 0 Å². The zero-order valence-electron chi connectivity index (χ0n) is 15.4. The van der Waals surface area contributed by atoms with Crippen LogP contribution in [0.15, 0.2) is 57.8 Å². The number of carbonyl (C=O) groups excluding carboxylic acids is 1. The van der Waals surface area contributed by atoms with Crippen LogP contribution in [0.2, 0.25) is 0 Å². The molecule has 0 spiro atoms. The third kappa shape index (κ3) is 4.75. The van der Waals surface area contributed by atoms with Gasteiger partial charge >= 0.3 is 5.97 Å². The number of rotatable bonds is 8. The minimum Gasteiger partial charge on any atom is -0.452 e. The Kier molecular flexibility index (Phi) is 6.08.